The summed E-state index contributed by atoms with van der Waals surface area (Å²) in [6.07, 6.45) is -1.47. The molecule has 6 heteroatoms. The normalized spacial score (nSPS) is 11.8. The summed E-state index contributed by atoms with van der Waals surface area (Å²) in [5.74, 6) is -0.548. The summed E-state index contributed by atoms with van der Waals surface area (Å²) in [4.78, 5) is 12.1. The van der Waals surface area contributed by atoms with Crippen molar-refractivity contribution in [3.05, 3.63) is 52.8 Å². The fourth-order valence-electron chi connectivity index (χ4n) is 2.24. The highest BCUT2D eigenvalue weighted by molar-refractivity contribution is 5.95. The Morgan fingerprint density at radius 1 is 1.26 bits per heavy atom. The van der Waals surface area contributed by atoms with Crippen LogP contribution >= 0.6 is 0 Å². The summed E-state index contributed by atoms with van der Waals surface area (Å²) in [7, 11) is 1.51. The van der Waals surface area contributed by atoms with E-state index < -0.39 is 18.0 Å². The van der Waals surface area contributed by atoms with Gasteiger partial charge in [0.15, 0.2) is 0 Å². The minimum absolute atomic E-state index is 0.0592. The van der Waals surface area contributed by atoms with Crippen LogP contribution in [0, 0.1) is 0 Å². The van der Waals surface area contributed by atoms with Gasteiger partial charge in [0.2, 0.25) is 0 Å². The molecule has 4 nitrogen and oxygen atoms in total. The fraction of sp³-hybridized carbons (Fsp3) is 0.412. The number of halogens is 2. The Hall–Kier alpha value is -2.24. The second-order valence-electron chi connectivity index (χ2n) is 6.53. The molecule has 1 aromatic carbocycles. The third-order valence-corrected chi connectivity index (χ3v) is 3.58. The van der Waals surface area contributed by atoms with Gasteiger partial charge in [-0.15, -0.1) is 0 Å². The Bertz CT molecular complexity index is 685. The van der Waals surface area contributed by atoms with Crippen LogP contribution in [0.2, 0.25) is 0 Å². The van der Waals surface area contributed by atoms with Crippen LogP contribution in [-0.2, 0) is 19.0 Å². The maximum Gasteiger partial charge on any atom is 0.282 e. The molecule has 0 aliphatic rings. The van der Waals surface area contributed by atoms with Crippen molar-refractivity contribution in [1.82, 2.24) is 15.1 Å². The van der Waals surface area contributed by atoms with Gasteiger partial charge < -0.3 is 5.32 Å². The maximum absolute atomic E-state index is 12.9. The van der Waals surface area contributed by atoms with Crippen LogP contribution in [0.4, 0.5) is 8.78 Å². The smallest absolute Gasteiger partial charge is 0.282 e. The number of rotatable bonds is 4. The van der Waals surface area contributed by atoms with Crippen molar-refractivity contribution in [2.24, 2.45) is 7.05 Å². The topological polar surface area (TPSA) is 46.9 Å². The van der Waals surface area contributed by atoms with Crippen molar-refractivity contribution in [3.63, 3.8) is 0 Å². The molecule has 0 spiro atoms. The molecule has 1 amide bonds. The van der Waals surface area contributed by atoms with Crippen LogP contribution in [0.5, 0.6) is 0 Å². The zero-order valence-corrected chi connectivity index (χ0v) is 13.7. The van der Waals surface area contributed by atoms with Crippen molar-refractivity contribution >= 4 is 5.91 Å². The van der Waals surface area contributed by atoms with Crippen LogP contribution in [0.1, 0.15) is 54.4 Å². The molecule has 0 fully saturated rings. The minimum atomic E-state index is -2.77. The van der Waals surface area contributed by atoms with Gasteiger partial charge in [-0.3, -0.25) is 9.48 Å². The van der Waals surface area contributed by atoms with E-state index in [1.54, 1.807) is 0 Å². The summed E-state index contributed by atoms with van der Waals surface area (Å²) in [6.45, 7) is 6.65. The second-order valence-corrected chi connectivity index (χ2v) is 6.53. The number of amides is 1. The molecule has 0 radical (unpaired) electrons. The van der Waals surface area contributed by atoms with Gasteiger partial charge in [0.05, 0.1) is 5.56 Å². The number of nitrogens with zero attached hydrogens (tertiary/aromatic N) is 2. The van der Waals surface area contributed by atoms with Crippen molar-refractivity contribution < 1.29 is 13.6 Å². The first-order valence-corrected chi connectivity index (χ1v) is 7.38. The molecule has 0 unspecified atom stereocenters. The Morgan fingerprint density at radius 2 is 1.87 bits per heavy atom. The molecule has 0 aliphatic heterocycles. The molecule has 0 bridgehead atoms. The Morgan fingerprint density at radius 3 is 2.39 bits per heavy atom. The van der Waals surface area contributed by atoms with Crippen molar-refractivity contribution in [2.75, 3.05) is 0 Å². The lowest BCUT2D eigenvalue weighted by Crippen LogP contribution is -2.23. The SMILES string of the molecule is Cn1cc(C(=O)NCc2ccc(C(C)(C)C)cc2)c(C(F)F)n1. The van der Waals surface area contributed by atoms with Crippen LogP contribution in [0.3, 0.4) is 0 Å². The lowest BCUT2D eigenvalue weighted by molar-refractivity contribution is 0.0936. The number of carbonyl (C=O) groups is 1. The van der Waals surface area contributed by atoms with Gasteiger partial charge in [-0.2, -0.15) is 5.10 Å². The summed E-state index contributed by atoms with van der Waals surface area (Å²) < 4.78 is 26.9. The zero-order chi connectivity index (χ0) is 17.2. The van der Waals surface area contributed by atoms with Crippen LogP contribution in [0.15, 0.2) is 30.5 Å². The average molecular weight is 321 g/mol. The van der Waals surface area contributed by atoms with E-state index in [0.717, 1.165) is 5.56 Å². The van der Waals surface area contributed by atoms with Crippen molar-refractivity contribution in [2.45, 2.75) is 39.2 Å². The first kappa shape index (κ1) is 17.1. The van der Waals surface area contributed by atoms with Gasteiger partial charge in [0.1, 0.15) is 5.69 Å². The molecular weight excluding hydrogens is 300 g/mol. The summed E-state index contributed by atoms with van der Waals surface area (Å²) in [5, 5.41) is 6.29. The van der Waals surface area contributed by atoms with E-state index in [0.29, 0.717) is 0 Å². The summed E-state index contributed by atoms with van der Waals surface area (Å²) in [6, 6.07) is 7.88. The standard InChI is InChI=1S/C17H21F2N3O/c1-17(2,3)12-7-5-11(6-8-12)9-20-16(23)13-10-22(4)21-14(13)15(18)19/h5-8,10,15H,9H2,1-4H3,(H,20,23). The molecule has 0 aliphatic carbocycles. The van der Waals surface area contributed by atoms with Crippen molar-refractivity contribution in [3.8, 4) is 0 Å². The number of benzene rings is 1. The lowest BCUT2D eigenvalue weighted by Gasteiger charge is -2.19. The van der Waals surface area contributed by atoms with Gasteiger partial charge >= 0.3 is 0 Å². The quantitative estimate of drug-likeness (QED) is 0.935. The van der Waals surface area contributed by atoms with E-state index in [-0.39, 0.29) is 17.5 Å². The number of hydrogen-bond acceptors (Lipinski definition) is 2. The predicted octanol–water partition coefficient (Wildman–Crippen LogP) is 3.59. The van der Waals surface area contributed by atoms with Gasteiger partial charge in [-0.1, -0.05) is 45.0 Å². The zero-order valence-electron chi connectivity index (χ0n) is 13.7. The number of hydrogen-bond donors (Lipinski definition) is 1. The number of aromatic nitrogens is 2. The predicted molar refractivity (Wildman–Crippen MR) is 84.5 cm³/mol. The van der Waals surface area contributed by atoms with E-state index in [1.165, 1.54) is 23.5 Å². The largest absolute Gasteiger partial charge is 0.348 e. The summed E-state index contributed by atoms with van der Waals surface area (Å²) in [5.41, 5.74) is 1.58. The molecule has 0 saturated heterocycles. The molecule has 1 aromatic heterocycles. The highest BCUT2D eigenvalue weighted by atomic mass is 19.3. The van der Waals surface area contributed by atoms with Gasteiger partial charge in [-0.25, -0.2) is 8.78 Å². The van der Waals surface area contributed by atoms with Crippen LogP contribution < -0.4 is 5.32 Å². The maximum atomic E-state index is 12.9. The Labute approximate surface area is 134 Å². The molecule has 124 valence electrons. The number of carbonyl (C=O) groups excluding carboxylic acids is 1. The molecular formula is C17H21F2N3O. The monoisotopic (exact) mass is 321 g/mol. The minimum Gasteiger partial charge on any atom is -0.348 e. The molecule has 2 rings (SSSR count). The molecule has 1 N–H and O–H groups in total. The first-order valence-electron chi connectivity index (χ1n) is 7.38. The van der Waals surface area contributed by atoms with E-state index in [1.807, 2.05) is 24.3 Å². The van der Waals surface area contributed by atoms with Gasteiger partial charge in [0, 0.05) is 19.8 Å². The van der Waals surface area contributed by atoms with Gasteiger partial charge in [-0.05, 0) is 16.5 Å². The molecule has 0 atom stereocenters. The molecule has 0 saturated carbocycles. The Kier molecular flexibility index (Phi) is 4.82. The third-order valence-electron chi connectivity index (χ3n) is 3.58. The Balaban J connectivity index is 2.05. The molecule has 2 aromatic rings. The number of nitrogens with one attached hydrogen (secondary N) is 1. The van der Waals surface area contributed by atoms with E-state index in [2.05, 4.69) is 31.2 Å². The van der Waals surface area contributed by atoms with E-state index >= 15 is 0 Å². The van der Waals surface area contributed by atoms with E-state index in [4.69, 9.17) is 0 Å². The van der Waals surface area contributed by atoms with E-state index in [9.17, 15) is 13.6 Å². The third kappa shape index (κ3) is 4.15. The number of aryl methyl sites for hydroxylation is 1. The highest BCUT2D eigenvalue weighted by Crippen LogP contribution is 2.23. The van der Waals surface area contributed by atoms with Crippen molar-refractivity contribution in [1.29, 1.82) is 0 Å². The van der Waals surface area contributed by atoms with Crippen LogP contribution in [0.25, 0.3) is 0 Å². The van der Waals surface area contributed by atoms with Crippen LogP contribution in [-0.4, -0.2) is 15.7 Å². The number of alkyl halides is 2. The molecule has 23 heavy (non-hydrogen) atoms. The molecule has 1 heterocycles. The lowest BCUT2D eigenvalue weighted by atomic mass is 9.87. The second kappa shape index (κ2) is 6.48. The van der Waals surface area contributed by atoms with Gasteiger partial charge in [0.25, 0.3) is 12.3 Å². The average Bonchev–Trinajstić information content (AvgIpc) is 2.86. The highest BCUT2D eigenvalue weighted by Gasteiger charge is 2.22. The fourth-order valence-corrected chi connectivity index (χ4v) is 2.24. The summed E-state index contributed by atoms with van der Waals surface area (Å²) >= 11 is 0. The first-order chi connectivity index (χ1) is 10.7.